The number of carboxylic acids is 1. The average molecular weight is 251 g/mol. The quantitative estimate of drug-likeness (QED) is 0.879. The molecule has 17 heavy (non-hydrogen) atoms. The fourth-order valence-corrected chi connectivity index (χ4v) is 1.88. The summed E-state index contributed by atoms with van der Waals surface area (Å²) in [6.45, 7) is 3.94. The largest absolute Gasteiger partial charge is 0.475 e. The topological polar surface area (TPSA) is 50.4 Å². The molecule has 0 aliphatic rings. The van der Waals surface area contributed by atoms with Gasteiger partial charge in [-0.3, -0.25) is 0 Å². The van der Waals surface area contributed by atoms with Gasteiger partial charge in [-0.25, -0.2) is 4.79 Å². The van der Waals surface area contributed by atoms with E-state index in [0.717, 1.165) is 11.1 Å². The van der Waals surface area contributed by atoms with E-state index in [-0.39, 0.29) is 5.76 Å². The molecule has 0 radical (unpaired) electrons. The maximum atomic E-state index is 10.7. The Hall–Kier alpha value is -1.74. The Labute approximate surface area is 104 Å². The number of aryl methyl sites for hydroxylation is 2. The van der Waals surface area contributed by atoms with Crippen LogP contribution in [0, 0.1) is 13.8 Å². The normalized spacial score (nSPS) is 10.5. The number of rotatable bonds is 2. The fraction of sp³-hybridized carbons (Fsp3) is 0.154. The Balaban J connectivity index is 2.52. The number of halogens is 1. The molecule has 0 aliphatic heterocycles. The molecular formula is C13H11ClO3. The van der Waals surface area contributed by atoms with Crippen molar-refractivity contribution in [1.29, 1.82) is 0 Å². The van der Waals surface area contributed by atoms with Gasteiger partial charge in [-0.1, -0.05) is 11.6 Å². The molecule has 0 amide bonds. The van der Waals surface area contributed by atoms with Crippen LogP contribution >= 0.6 is 11.6 Å². The second-order valence-electron chi connectivity index (χ2n) is 3.89. The highest BCUT2D eigenvalue weighted by atomic mass is 35.5. The maximum absolute atomic E-state index is 10.7. The third-order valence-corrected chi connectivity index (χ3v) is 2.98. The highest BCUT2D eigenvalue weighted by Gasteiger charge is 2.13. The number of furan rings is 1. The third kappa shape index (κ3) is 2.19. The van der Waals surface area contributed by atoms with E-state index in [1.807, 2.05) is 26.0 Å². The third-order valence-electron chi connectivity index (χ3n) is 2.67. The maximum Gasteiger partial charge on any atom is 0.371 e. The summed E-state index contributed by atoms with van der Waals surface area (Å²) in [6.07, 6.45) is 0. The number of carboxylic acid groups (broad SMARTS) is 1. The molecule has 0 saturated carbocycles. The van der Waals surface area contributed by atoms with Gasteiger partial charge in [0.25, 0.3) is 0 Å². The molecule has 2 aromatic rings. The minimum absolute atomic E-state index is 0.0886. The van der Waals surface area contributed by atoms with Gasteiger partial charge in [0.2, 0.25) is 5.76 Å². The summed E-state index contributed by atoms with van der Waals surface area (Å²) in [5.41, 5.74) is 2.88. The van der Waals surface area contributed by atoms with Gasteiger partial charge in [0.1, 0.15) is 5.76 Å². The average Bonchev–Trinajstić information content (AvgIpc) is 2.72. The molecule has 1 aromatic heterocycles. The summed E-state index contributed by atoms with van der Waals surface area (Å²) in [5, 5.41) is 9.34. The SMILES string of the molecule is Cc1cc(Cl)c(-c2ccc(C(=O)O)o2)cc1C. The molecule has 0 atom stereocenters. The van der Waals surface area contributed by atoms with E-state index >= 15 is 0 Å². The van der Waals surface area contributed by atoms with Crippen molar-refractivity contribution in [2.75, 3.05) is 0 Å². The smallest absolute Gasteiger partial charge is 0.371 e. The van der Waals surface area contributed by atoms with E-state index in [4.69, 9.17) is 21.1 Å². The molecule has 1 N–H and O–H groups in total. The Kier molecular flexibility index (Phi) is 2.94. The van der Waals surface area contributed by atoms with Gasteiger partial charge in [-0.15, -0.1) is 0 Å². The van der Waals surface area contributed by atoms with Crippen LogP contribution in [-0.2, 0) is 0 Å². The Morgan fingerprint density at radius 1 is 1.24 bits per heavy atom. The van der Waals surface area contributed by atoms with Gasteiger partial charge in [0, 0.05) is 5.56 Å². The summed E-state index contributed by atoms with van der Waals surface area (Å²) >= 11 is 6.12. The fourth-order valence-electron chi connectivity index (χ4n) is 1.57. The molecule has 2 rings (SSSR count). The van der Waals surface area contributed by atoms with Gasteiger partial charge < -0.3 is 9.52 Å². The van der Waals surface area contributed by atoms with Crippen molar-refractivity contribution in [1.82, 2.24) is 0 Å². The van der Waals surface area contributed by atoms with Crippen molar-refractivity contribution in [3.05, 3.63) is 46.2 Å². The lowest BCUT2D eigenvalue weighted by Crippen LogP contribution is -1.91. The van der Waals surface area contributed by atoms with E-state index in [9.17, 15) is 4.79 Å². The lowest BCUT2D eigenvalue weighted by Gasteiger charge is -2.05. The van der Waals surface area contributed by atoms with Crippen LogP contribution in [0.4, 0.5) is 0 Å². The number of hydrogen-bond donors (Lipinski definition) is 1. The van der Waals surface area contributed by atoms with E-state index in [0.29, 0.717) is 16.3 Å². The first kappa shape index (κ1) is 11.7. The number of aromatic carboxylic acids is 1. The van der Waals surface area contributed by atoms with Crippen LogP contribution in [0.5, 0.6) is 0 Å². The van der Waals surface area contributed by atoms with E-state index in [1.165, 1.54) is 6.07 Å². The number of carbonyl (C=O) groups is 1. The minimum Gasteiger partial charge on any atom is -0.475 e. The summed E-state index contributed by atoms with van der Waals surface area (Å²) < 4.78 is 5.22. The molecule has 4 heteroatoms. The first-order valence-corrected chi connectivity index (χ1v) is 5.47. The summed E-state index contributed by atoms with van der Waals surface area (Å²) in [6, 6.07) is 6.76. The van der Waals surface area contributed by atoms with Crippen LogP contribution in [0.1, 0.15) is 21.7 Å². The first-order valence-electron chi connectivity index (χ1n) is 5.09. The summed E-state index contributed by atoms with van der Waals surface area (Å²) in [7, 11) is 0. The zero-order valence-electron chi connectivity index (χ0n) is 9.45. The van der Waals surface area contributed by atoms with Crippen LogP contribution in [0.25, 0.3) is 11.3 Å². The molecule has 3 nitrogen and oxygen atoms in total. The van der Waals surface area contributed by atoms with Crippen molar-refractivity contribution < 1.29 is 14.3 Å². The van der Waals surface area contributed by atoms with Gasteiger partial charge in [-0.05, 0) is 49.2 Å². The minimum atomic E-state index is -1.09. The van der Waals surface area contributed by atoms with Gasteiger partial charge in [-0.2, -0.15) is 0 Å². The molecule has 1 heterocycles. The Morgan fingerprint density at radius 2 is 1.88 bits per heavy atom. The monoisotopic (exact) mass is 250 g/mol. The van der Waals surface area contributed by atoms with Crippen molar-refractivity contribution >= 4 is 17.6 Å². The molecule has 0 aliphatic carbocycles. The van der Waals surface area contributed by atoms with Crippen LogP contribution in [0.15, 0.2) is 28.7 Å². The Bertz CT molecular complexity index is 584. The molecular weight excluding hydrogens is 240 g/mol. The molecule has 88 valence electrons. The highest BCUT2D eigenvalue weighted by Crippen LogP contribution is 2.31. The molecule has 0 bridgehead atoms. The second-order valence-corrected chi connectivity index (χ2v) is 4.29. The van der Waals surface area contributed by atoms with Crippen LogP contribution in [0.2, 0.25) is 5.02 Å². The van der Waals surface area contributed by atoms with Crippen molar-refractivity contribution in [3.63, 3.8) is 0 Å². The van der Waals surface area contributed by atoms with Gasteiger partial charge in [0.15, 0.2) is 0 Å². The van der Waals surface area contributed by atoms with Crippen molar-refractivity contribution in [3.8, 4) is 11.3 Å². The van der Waals surface area contributed by atoms with Crippen LogP contribution in [-0.4, -0.2) is 11.1 Å². The zero-order valence-corrected chi connectivity index (χ0v) is 10.2. The predicted molar refractivity (Wildman–Crippen MR) is 65.6 cm³/mol. The lowest BCUT2D eigenvalue weighted by atomic mass is 10.0. The van der Waals surface area contributed by atoms with Gasteiger partial charge >= 0.3 is 5.97 Å². The first-order chi connectivity index (χ1) is 7.99. The second kappa shape index (κ2) is 4.26. The van der Waals surface area contributed by atoms with Crippen molar-refractivity contribution in [2.45, 2.75) is 13.8 Å². The molecule has 0 fully saturated rings. The summed E-state index contributed by atoms with van der Waals surface area (Å²) in [4.78, 5) is 10.7. The molecule has 0 spiro atoms. The van der Waals surface area contributed by atoms with Crippen LogP contribution < -0.4 is 0 Å². The molecule has 0 saturated heterocycles. The number of hydrogen-bond acceptors (Lipinski definition) is 2. The standard InChI is InChI=1S/C13H11ClO3/c1-7-5-9(10(14)6-8(7)2)11-3-4-12(17-11)13(15)16/h3-6H,1-2H3,(H,15,16). The van der Waals surface area contributed by atoms with E-state index in [2.05, 4.69) is 0 Å². The lowest BCUT2D eigenvalue weighted by molar-refractivity contribution is 0.0663. The summed E-state index contributed by atoms with van der Waals surface area (Å²) in [5.74, 6) is -0.707. The Morgan fingerprint density at radius 3 is 2.47 bits per heavy atom. The molecule has 0 unspecified atom stereocenters. The predicted octanol–water partition coefficient (Wildman–Crippen LogP) is 3.92. The number of benzene rings is 1. The van der Waals surface area contributed by atoms with E-state index in [1.54, 1.807) is 6.07 Å². The molecule has 1 aromatic carbocycles. The highest BCUT2D eigenvalue weighted by molar-refractivity contribution is 6.33. The van der Waals surface area contributed by atoms with Crippen LogP contribution in [0.3, 0.4) is 0 Å². The zero-order chi connectivity index (χ0) is 12.6. The van der Waals surface area contributed by atoms with Crippen molar-refractivity contribution in [2.24, 2.45) is 0 Å². The van der Waals surface area contributed by atoms with Gasteiger partial charge in [0.05, 0.1) is 5.02 Å². The van der Waals surface area contributed by atoms with E-state index < -0.39 is 5.97 Å².